The van der Waals surface area contributed by atoms with E-state index in [2.05, 4.69) is 5.32 Å². The molecule has 2 aromatic carbocycles. The van der Waals surface area contributed by atoms with Crippen LogP contribution in [0.15, 0.2) is 42.5 Å². The lowest BCUT2D eigenvalue weighted by molar-refractivity contribution is 0.102. The Morgan fingerprint density at radius 3 is 2.50 bits per heavy atom. The second-order valence-electron chi connectivity index (χ2n) is 3.95. The normalized spacial score (nSPS) is 10.2. The molecule has 0 aromatic heterocycles. The number of hydrogen-bond donors (Lipinski definition) is 1. The van der Waals surface area contributed by atoms with Crippen molar-refractivity contribution in [2.75, 3.05) is 5.32 Å². The van der Waals surface area contributed by atoms with Gasteiger partial charge in [0, 0.05) is 17.3 Å². The number of hydrogen-bond acceptors (Lipinski definition) is 1. The predicted molar refractivity (Wildman–Crippen MR) is 65.5 cm³/mol. The van der Waals surface area contributed by atoms with E-state index < -0.39 is 11.6 Å². The van der Waals surface area contributed by atoms with Crippen molar-refractivity contribution >= 4 is 11.6 Å². The van der Waals surface area contributed by atoms with Crippen LogP contribution < -0.4 is 5.32 Å². The molecule has 4 heteroatoms. The van der Waals surface area contributed by atoms with Gasteiger partial charge in [0.05, 0.1) is 0 Å². The average Bonchev–Trinajstić information content (AvgIpc) is 2.34. The maximum absolute atomic E-state index is 13.0. The third-order valence-corrected chi connectivity index (χ3v) is 2.46. The van der Waals surface area contributed by atoms with Crippen LogP contribution in [0, 0.1) is 18.6 Å². The van der Waals surface area contributed by atoms with Crippen LogP contribution in [0.3, 0.4) is 0 Å². The number of carbonyl (C=O) groups excluding carboxylic acids is 1. The van der Waals surface area contributed by atoms with Crippen molar-refractivity contribution in [3.63, 3.8) is 0 Å². The van der Waals surface area contributed by atoms with Gasteiger partial charge in [0.25, 0.3) is 5.91 Å². The van der Waals surface area contributed by atoms with E-state index in [1.165, 1.54) is 6.07 Å². The number of nitrogens with one attached hydrogen (secondary N) is 1. The molecule has 0 radical (unpaired) electrons. The first-order chi connectivity index (χ1) is 8.56. The van der Waals surface area contributed by atoms with Crippen molar-refractivity contribution in [2.45, 2.75) is 6.92 Å². The fraction of sp³-hybridized carbons (Fsp3) is 0.0714. The molecule has 1 N–H and O–H groups in total. The maximum atomic E-state index is 13.0. The van der Waals surface area contributed by atoms with E-state index in [0.29, 0.717) is 5.56 Å². The SMILES string of the molecule is Cc1cccc(C(=O)Nc2ccc(F)c(F)c2)c1. The lowest BCUT2D eigenvalue weighted by Gasteiger charge is -2.06. The van der Waals surface area contributed by atoms with Gasteiger partial charge >= 0.3 is 0 Å². The monoisotopic (exact) mass is 247 g/mol. The van der Waals surface area contributed by atoms with Crippen LogP contribution in [0.25, 0.3) is 0 Å². The molecule has 0 aliphatic heterocycles. The molecule has 0 saturated carbocycles. The van der Waals surface area contributed by atoms with E-state index in [0.717, 1.165) is 17.7 Å². The first-order valence-electron chi connectivity index (χ1n) is 5.39. The van der Waals surface area contributed by atoms with Gasteiger partial charge in [-0.15, -0.1) is 0 Å². The molecule has 0 unspecified atom stereocenters. The molecule has 2 aromatic rings. The third-order valence-electron chi connectivity index (χ3n) is 2.46. The smallest absolute Gasteiger partial charge is 0.255 e. The maximum Gasteiger partial charge on any atom is 0.255 e. The highest BCUT2D eigenvalue weighted by atomic mass is 19.2. The van der Waals surface area contributed by atoms with Gasteiger partial charge in [-0.3, -0.25) is 4.79 Å². The summed E-state index contributed by atoms with van der Waals surface area (Å²) in [5.74, 6) is -2.29. The van der Waals surface area contributed by atoms with Crippen molar-refractivity contribution in [1.82, 2.24) is 0 Å². The first-order valence-corrected chi connectivity index (χ1v) is 5.39. The fourth-order valence-electron chi connectivity index (χ4n) is 1.56. The van der Waals surface area contributed by atoms with Crippen LogP contribution in [0.5, 0.6) is 0 Å². The Bertz CT molecular complexity index is 596. The molecule has 0 aliphatic carbocycles. The number of rotatable bonds is 2. The van der Waals surface area contributed by atoms with Gasteiger partial charge in [-0.2, -0.15) is 0 Å². The van der Waals surface area contributed by atoms with E-state index in [-0.39, 0.29) is 11.6 Å². The summed E-state index contributed by atoms with van der Waals surface area (Å²) in [6.07, 6.45) is 0. The summed E-state index contributed by atoms with van der Waals surface area (Å²) in [6, 6.07) is 10.2. The Morgan fingerprint density at radius 2 is 1.83 bits per heavy atom. The molecule has 0 heterocycles. The van der Waals surface area contributed by atoms with Crippen molar-refractivity contribution < 1.29 is 13.6 Å². The summed E-state index contributed by atoms with van der Waals surface area (Å²) in [5.41, 5.74) is 1.65. The summed E-state index contributed by atoms with van der Waals surface area (Å²) in [7, 11) is 0. The fourth-order valence-corrected chi connectivity index (χ4v) is 1.56. The number of carbonyl (C=O) groups is 1. The molecule has 1 amide bonds. The molecular weight excluding hydrogens is 236 g/mol. The molecule has 0 spiro atoms. The van der Waals surface area contributed by atoms with Crippen molar-refractivity contribution in [2.24, 2.45) is 0 Å². The van der Waals surface area contributed by atoms with E-state index in [4.69, 9.17) is 0 Å². The van der Waals surface area contributed by atoms with Crippen LogP contribution in [-0.2, 0) is 0 Å². The Labute approximate surface area is 103 Å². The van der Waals surface area contributed by atoms with Gasteiger partial charge in [-0.05, 0) is 31.2 Å². The Balaban J connectivity index is 2.18. The summed E-state index contributed by atoms with van der Waals surface area (Å²) in [5, 5.41) is 2.51. The molecular formula is C14H11F2NO. The highest BCUT2D eigenvalue weighted by Gasteiger charge is 2.08. The molecule has 0 saturated heterocycles. The van der Waals surface area contributed by atoms with Crippen LogP contribution in [0.4, 0.5) is 14.5 Å². The molecule has 2 rings (SSSR count). The number of benzene rings is 2. The molecule has 92 valence electrons. The number of halogens is 2. The highest BCUT2D eigenvalue weighted by Crippen LogP contribution is 2.14. The number of aryl methyl sites for hydroxylation is 1. The molecule has 0 atom stereocenters. The molecule has 0 fully saturated rings. The number of anilines is 1. The Morgan fingerprint density at radius 1 is 1.06 bits per heavy atom. The van der Waals surface area contributed by atoms with Gasteiger partial charge in [-0.25, -0.2) is 8.78 Å². The van der Waals surface area contributed by atoms with Gasteiger partial charge in [0.15, 0.2) is 11.6 Å². The summed E-state index contributed by atoms with van der Waals surface area (Å²) < 4.78 is 25.7. The highest BCUT2D eigenvalue weighted by molar-refractivity contribution is 6.04. The molecule has 0 aliphatic rings. The minimum atomic E-state index is -0.989. The summed E-state index contributed by atoms with van der Waals surface area (Å²) >= 11 is 0. The van der Waals surface area contributed by atoms with Gasteiger partial charge in [0.2, 0.25) is 0 Å². The quantitative estimate of drug-likeness (QED) is 0.864. The molecule has 18 heavy (non-hydrogen) atoms. The largest absolute Gasteiger partial charge is 0.322 e. The van der Waals surface area contributed by atoms with E-state index in [9.17, 15) is 13.6 Å². The van der Waals surface area contributed by atoms with E-state index in [1.807, 2.05) is 13.0 Å². The van der Waals surface area contributed by atoms with Gasteiger partial charge < -0.3 is 5.32 Å². The predicted octanol–water partition coefficient (Wildman–Crippen LogP) is 3.53. The topological polar surface area (TPSA) is 29.1 Å². The van der Waals surface area contributed by atoms with E-state index in [1.54, 1.807) is 18.2 Å². The second-order valence-corrected chi connectivity index (χ2v) is 3.95. The van der Waals surface area contributed by atoms with Crippen molar-refractivity contribution in [3.05, 3.63) is 65.2 Å². The van der Waals surface area contributed by atoms with Crippen LogP contribution in [-0.4, -0.2) is 5.91 Å². The van der Waals surface area contributed by atoms with Gasteiger partial charge in [-0.1, -0.05) is 17.7 Å². The zero-order valence-electron chi connectivity index (χ0n) is 9.71. The number of amides is 1. The lowest BCUT2D eigenvalue weighted by atomic mass is 10.1. The summed E-state index contributed by atoms with van der Waals surface area (Å²) in [6.45, 7) is 1.87. The van der Waals surface area contributed by atoms with Crippen LogP contribution in [0.2, 0.25) is 0 Å². The minimum absolute atomic E-state index is 0.223. The average molecular weight is 247 g/mol. The standard InChI is InChI=1S/C14H11F2NO/c1-9-3-2-4-10(7-9)14(18)17-11-5-6-12(15)13(16)8-11/h2-8H,1H3,(H,17,18). The zero-order chi connectivity index (χ0) is 13.1. The van der Waals surface area contributed by atoms with Crippen molar-refractivity contribution in [3.8, 4) is 0 Å². The Hall–Kier alpha value is -2.23. The van der Waals surface area contributed by atoms with Crippen molar-refractivity contribution in [1.29, 1.82) is 0 Å². The minimum Gasteiger partial charge on any atom is -0.322 e. The third kappa shape index (κ3) is 2.71. The molecule has 0 bridgehead atoms. The van der Waals surface area contributed by atoms with Gasteiger partial charge in [0.1, 0.15) is 0 Å². The lowest BCUT2D eigenvalue weighted by Crippen LogP contribution is -2.12. The first kappa shape index (κ1) is 12.2. The van der Waals surface area contributed by atoms with E-state index >= 15 is 0 Å². The zero-order valence-corrected chi connectivity index (χ0v) is 9.71. The molecule has 2 nitrogen and oxygen atoms in total. The second kappa shape index (κ2) is 4.96. The van der Waals surface area contributed by atoms with Crippen LogP contribution in [0.1, 0.15) is 15.9 Å². The summed E-state index contributed by atoms with van der Waals surface area (Å²) in [4.78, 5) is 11.8. The Kier molecular flexibility index (Phi) is 3.37. The van der Waals surface area contributed by atoms with Crippen LogP contribution >= 0.6 is 0 Å².